The summed E-state index contributed by atoms with van der Waals surface area (Å²) in [5.74, 6) is -0.510. The van der Waals surface area contributed by atoms with Crippen molar-refractivity contribution in [1.82, 2.24) is 15.3 Å². The van der Waals surface area contributed by atoms with Crippen molar-refractivity contribution in [3.63, 3.8) is 0 Å². The average molecular weight is 307 g/mol. The highest BCUT2D eigenvalue weighted by Gasteiger charge is 2.35. The number of nitrogens with zero attached hydrogens (tertiary/aromatic N) is 2. The lowest BCUT2D eigenvalue weighted by molar-refractivity contribution is -0.149. The molecule has 0 unspecified atom stereocenters. The molecular formula is C16H25N3O3. The van der Waals surface area contributed by atoms with Gasteiger partial charge >= 0.3 is 5.97 Å². The molecule has 1 rings (SSSR count). The highest BCUT2D eigenvalue weighted by molar-refractivity contribution is 5.95. The van der Waals surface area contributed by atoms with Crippen LogP contribution in [-0.4, -0.2) is 33.5 Å². The lowest BCUT2D eigenvalue weighted by Crippen LogP contribution is -2.42. The molecule has 0 radical (unpaired) electrons. The Morgan fingerprint density at radius 2 is 1.91 bits per heavy atom. The fourth-order valence-electron chi connectivity index (χ4n) is 2.33. The van der Waals surface area contributed by atoms with Crippen LogP contribution in [0.5, 0.6) is 0 Å². The minimum absolute atomic E-state index is 0.0871. The molecule has 1 amide bonds. The Balaban J connectivity index is 2.97. The van der Waals surface area contributed by atoms with Crippen LogP contribution < -0.4 is 5.32 Å². The highest BCUT2D eigenvalue weighted by Crippen LogP contribution is 2.26. The average Bonchev–Trinajstić information content (AvgIpc) is 2.48. The first-order valence-electron chi connectivity index (χ1n) is 7.62. The van der Waals surface area contributed by atoms with Crippen LogP contribution in [0.3, 0.4) is 0 Å². The van der Waals surface area contributed by atoms with Crippen LogP contribution in [-0.2, 0) is 4.79 Å². The zero-order valence-corrected chi connectivity index (χ0v) is 13.9. The minimum Gasteiger partial charge on any atom is -0.481 e. The molecule has 2 N–H and O–H groups in total. The van der Waals surface area contributed by atoms with E-state index >= 15 is 0 Å². The summed E-state index contributed by atoms with van der Waals surface area (Å²) in [6.07, 6.45) is 2.43. The molecule has 0 aliphatic rings. The summed E-state index contributed by atoms with van der Waals surface area (Å²) >= 11 is 0. The van der Waals surface area contributed by atoms with E-state index in [2.05, 4.69) is 15.3 Å². The number of amides is 1. The van der Waals surface area contributed by atoms with Crippen molar-refractivity contribution >= 4 is 11.9 Å². The van der Waals surface area contributed by atoms with Gasteiger partial charge in [0.2, 0.25) is 0 Å². The summed E-state index contributed by atoms with van der Waals surface area (Å²) in [5.41, 5.74) is 0.158. The van der Waals surface area contributed by atoms with Crippen molar-refractivity contribution in [1.29, 1.82) is 0 Å². The maximum atomic E-state index is 12.4. The second kappa shape index (κ2) is 7.33. The number of carboxylic acids is 1. The third-order valence-electron chi connectivity index (χ3n) is 4.12. The molecule has 0 saturated heterocycles. The number of rotatable bonds is 7. The number of carbonyl (C=O) groups excluding carboxylic acids is 1. The van der Waals surface area contributed by atoms with Gasteiger partial charge in [-0.1, -0.05) is 27.7 Å². The first-order valence-corrected chi connectivity index (χ1v) is 7.62. The molecule has 6 nitrogen and oxygen atoms in total. The van der Waals surface area contributed by atoms with E-state index in [0.29, 0.717) is 29.9 Å². The van der Waals surface area contributed by atoms with E-state index in [1.54, 1.807) is 6.92 Å². The zero-order chi connectivity index (χ0) is 16.9. The molecule has 6 heteroatoms. The molecule has 0 bridgehead atoms. The van der Waals surface area contributed by atoms with Crippen LogP contribution >= 0.6 is 0 Å². The van der Waals surface area contributed by atoms with Crippen molar-refractivity contribution in [3.8, 4) is 0 Å². The van der Waals surface area contributed by atoms with Crippen LogP contribution in [0.25, 0.3) is 0 Å². The van der Waals surface area contributed by atoms with E-state index in [0.717, 1.165) is 0 Å². The van der Waals surface area contributed by atoms with Gasteiger partial charge in [-0.2, -0.15) is 0 Å². The largest absolute Gasteiger partial charge is 0.481 e. The van der Waals surface area contributed by atoms with E-state index in [1.165, 1.54) is 6.20 Å². The van der Waals surface area contributed by atoms with Crippen LogP contribution in [0, 0.1) is 12.3 Å². The lowest BCUT2D eigenvalue weighted by Gasteiger charge is -2.27. The molecule has 0 saturated carbocycles. The summed E-state index contributed by atoms with van der Waals surface area (Å²) in [4.78, 5) is 32.3. The first-order chi connectivity index (χ1) is 10.3. The van der Waals surface area contributed by atoms with Gasteiger partial charge in [0.05, 0.1) is 16.7 Å². The zero-order valence-electron chi connectivity index (χ0n) is 13.9. The molecule has 22 heavy (non-hydrogen) atoms. The fraction of sp³-hybridized carbons (Fsp3) is 0.625. The Bertz CT molecular complexity index is 552. The summed E-state index contributed by atoms with van der Waals surface area (Å²) in [6, 6.07) is 0. The van der Waals surface area contributed by atoms with Crippen LogP contribution in [0.15, 0.2) is 6.20 Å². The maximum absolute atomic E-state index is 12.4. The number of hydrogen-bond acceptors (Lipinski definition) is 4. The van der Waals surface area contributed by atoms with Crippen molar-refractivity contribution in [2.75, 3.05) is 6.54 Å². The monoisotopic (exact) mass is 307 g/mol. The van der Waals surface area contributed by atoms with Crippen LogP contribution in [0.1, 0.15) is 68.3 Å². The second-order valence-electron chi connectivity index (χ2n) is 5.85. The minimum atomic E-state index is -0.931. The second-order valence-corrected chi connectivity index (χ2v) is 5.85. The number of carboxylic acid groups (broad SMARTS) is 1. The number of aliphatic carboxylic acids is 1. The van der Waals surface area contributed by atoms with Gasteiger partial charge in [-0.25, -0.2) is 9.97 Å². The van der Waals surface area contributed by atoms with E-state index < -0.39 is 11.4 Å². The summed E-state index contributed by atoms with van der Waals surface area (Å²) in [6.45, 7) is 9.42. The van der Waals surface area contributed by atoms with Gasteiger partial charge < -0.3 is 10.4 Å². The van der Waals surface area contributed by atoms with Crippen LogP contribution in [0.2, 0.25) is 0 Å². The summed E-state index contributed by atoms with van der Waals surface area (Å²) < 4.78 is 0. The normalized spacial score (nSPS) is 11.5. The van der Waals surface area contributed by atoms with Crippen LogP contribution in [0.4, 0.5) is 0 Å². The smallest absolute Gasteiger partial charge is 0.311 e. The quantitative estimate of drug-likeness (QED) is 0.807. The summed E-state index contributed by atoms with van der Waals surface area (Å²) in [5, 5.41) is 12.1. The maximum Gasteiger partial charge on any atom is 0.311 e. The van der Waals surface area contributed by atoms with Crippen molar-refractivity contribution in [2.45, 2.75) is 53.4 Å². The van der Waals surface area contributed by atoms with Gasteiger partial charge in [0.1, 0.15) is 5.82 Å². The molecule has 0 atom stereocenters. The van der Waals surface area contributed by atoms with E-state index in [1.807, 2.05) is 27.7 Å². The Labute approximate surface area is 131 Å². The van der Waals surface area contributed by atoms with Crippen molar-refractivity contribution in [2.24, 2.45) is 5.41 Å². The molecule has 122 valence electrons. The number of carbonyl (C=O) groups is 2. The van der Waals surface area contributed by atoms with Crippen molar-refractivity contribution in [3.05, 3.63) is 23.3 Å². The first kappa shape index (κ1) is 18.1. The SMILES string of the molecule is CCC(CC)(CNC(=O)c1cnc(C)nc1C(C)C)C(=O)O. The molecular weight excluding hydrogens is 282 g/mol. The third-order valence-corrected chi connectivity index (χ3v) is 4.12. The predicted molar refractivity (Wildman–Crippen MR) is 83.8 cm³/mol. The topological polar surface area (TPSA) is 92.2 Å². The molecule has 0 spiro atoms. The Morgan fingerprint density at radius 3 is 2.36 bits per heavy atom. The number of aryl methyl sites for hydroxylation is 1. The Hall–Kier alpha value is -1.98. The molecule has 1 aromatic rings. The van der Waals surface area contributed by atoms with Crippen molar-refractivity contribution < 1.29 is 14.7 Å². The number of aromatic nitrogens is 2. The number of hydrogen-bond donors (Lipinski definition) is 2. The Kier molecular flexibility index (Phi) is 6.02. The molecule has 0 fully saturated rings. The molecule has 1 heterocycles. The molecule has 1 aromatic heterocycles. The molecule has 0 aliphatic heterocycles. The number of nitrogens with one attached hydrogen (secondary N) is 1. The molecule has 0 aromatic carbocycles. The van der Waals surface area contributed by atoms with Gasteiger partial charge in [0.25, 0.3) is 5.91 Å². The fourth-order valence-corrected chi connectivity index (χ4v) is 2.33. The molecule has 0 aliphatic carbocycles. The summed E-state index contributed by atoms with van der Waals surface area (Å²) in [7, 11) is 0. The highest BCUT2D eigenvalue weighted by atomic mass is 16.4. The van der Waals surface area contributed by atoms with E-state index in [9.17, 15) is 14.7 Å². The Morgan fingerprint density at radius 1 is 1.32 bits per heavy atom. The van der Waals surface area contributed by atoms with E-state index in [4.69, 9.17) is 0 Å². The van der Waals surface area contributed by atoms with Gasteiger partial charge in [-0.15, -0.1) is 0 Å². The van der Waals surface area contributed by atoms with Gasteiger partial charge in [0.15, 0.2) is 0 Å². The third kappa shape index (κ3) is 3.81. The predicted octanol–water partition coefficient (Wildman–Crippen LogP) is 2.53. The van der Waals surface area contributed by atoms with Gasteiger partial charge in [-0.3, -0.25) is 9.59 Å². The standard InChI is InChI=1S/C16H25N3O3/c1-6-16(7-2,15(21)22)9-18-14(20)12-8-17-11(5)19-13(12)10(3)4/h8,10H,6-7,9H2,1-5H3,(H,18,20)(H,21,22). The van der Waals surface area contributed by atoms with E-state index in [-0.39, 0.29) is 18.4 Å². The van der Waals surface area contributed by atoms with Gasteiger partial charge in [0, 0.05) is 12.7 Å². The van der Waals surface area contributed by atoms with Gasteiger partial charge in [-0.05, 0) is 25.7 Å². The lowest BCUT2D eigenvalue weighted by atomic mass is 9.82.